The first-order chi connectivity index (χ1) is 8.49. The van der Waals surface area contributed by atoms with Crippen molar-refractivity contribution in [3.05, 3.63) is 46.1 Å². The Morgan fingerprint density at radius 2 is 2.17 bits per heavy atom. The molecule has 0 aliphatic carbocycles. The van der Waals surface area contributed by atoms with Crippen LogP contribution in [0.2, 0.25) is 0 Å². The lowest BCUT2D eigenvalue weighted by Gasteiger charge is -2.03. The lowest BCUT2D eigenvalue weighted by atomic mass is 10.1. The molecule has 2 rings (SSSR count). The molecule has 0 atom stereocenters. The SMILES string of the molecule is CC(C)Cc1[nH]n(-c2cccc(F)c2)c(=O)c1N. The topological polar surface area (TPSA) is 63.8 Å². The van der Waals surface area contributed by atoms with Crippen LogP contribution in [0.3, 0.4) is 0 Å². The molecule has 0 amide bonds. The van der Waals surface area contributed by atoms with E-state index >= 15 is 0 Å². The normalized spacial score (nSPS) is 11.1. The monoisotopic (exact) mass is 249 g/mol. The van der Waals surface area contributed by atoms with Crippen molar-refractivity contribution in [3.8, 4) is 5.69 Å². The van der Waals surface area contributed by atoms with Gasteiger partial charge in [-0.05, 0) is 30.5 Å². The Labute approximate surface area is 104 Å². The predicted octanol–water partition coefficient (Wildman–Crippen LogP) is 2.09. The summed E-state index contributed by atoms with van der Waals surface area (Å²) in [5.74, 6) is -0.00992. The van der Waals surface area contributed by atoms with Crippen molar-refractivity contribution >= 4 is 5.69 Å². The molecule has 0 aliphatic rings. The van der Waals surface area contributed by atoms with Gasteiger partial charge >= 0.3 is 0 Å². The average Bonchev–Trinajstić information content (AvgIpc) is 2.57. The molecule has 0 radical (unpaired) electrons. The Bertz CT molecular complexity index is 613. The molecule has 0 aliphatic heterocycles. The van der Waals surface area contributed by atoms with Crippen LogP contribution in [0.1, 0.15) is 19.5 Å². The van der Waals surface area contributed by atoms with Crippen molar-refractivity contribution in [1.82, 2.24) is 9.78 Å². The minimum atomic E-state index is -0.391. The van der Waals surface area contributed by atoms with Crippen molar-refractivity contribution in [1.29, 1.82) is 0 Å². The molecule has 0 saturated heterocycles. The van der Waals surface area contributed by atoms with Gasteiger partial charge in [-0.3, -0.25) is 9.89 Å². The van der Waals surface area contributed by atoms with Crippen molar-refractivity contribution in [2.24, 2.45) is 5.92 Å². The number of aromatic nitrogens is 2. The number of nitrogens with zero attached hydrogens (tertiary/aromatic N) is 1. The Balaban J connectivity index is 2.49. The third-order valence-electron chi connectivity index (χ3n) is 2.68. The van der Waals surface area contributed by atoms with E-state index in [9.17, 15) is 9.18 Å². The Hall–Kier alpha value is -2.04. The largest absolute Gasteiger partial charge is 0.393 e. The van der Waals surface area contributed by atoms with Gasteiger partial charge in [0.05, 0.1) is 11.4 Å². The number of benzene rings is 1. The highest BCUT2D eigenvalue weighted by molar-refractivity contribution is 5.44. The van der Waals surface area contributed by atoms with Gasteiger partial charge in [-0.2, -0.15) is 0 Å². The van der Waals surface area contributed by atoms with Gasteiger partial charge in [0, 0.05) is 0 Å². The van der Waals surface area contributed by atoms with E-state index in [-0.39, 0.29) is 11.2 Å². The summed E-state index contributed by atoms with van der Waals surface area (Å²) in [7, 11) is 0. The van der Waals surface area contributed by atoms with E-state index in [0.717, 1.165) is 0 Å². The van der Waals surface area contributed by atoms with E-state index in [1.54, 1.807) is 12.1 Å². The van der Waals surface area contributed by atoms with Crippen molar-refractivity contribution in [2.75, 3.05) is 5.73 Å². The molecule has 5 heteroatoms. The summed E-state index contributed by atoms with van der Waals surface area (Å²) in [4.78, 5) is 12.0. The maximum absolute atomic E-state index is 13.1. The molecule has 1 heterocycles. The molecule has 0 saturated carbocycles. The Morgan fingerprint density at radius 3 is 2.78 bits per heavy atom. The van der Waals surface area contributed by atoms with Gasteiger partial charge in [-0.1, -0.05) is 19.9 Å². The molecule has 96 valence electrons. The van der Waals surface area contributed by atoms with E-state index < -0.39 is 5.82 Å². The van der Waals surface area contributed by atoms with E-state index in [2.05, 4.69) is 5.10 Å². The fourth-order valence-corrected chi connectivity index (χ4v) is 1.86. The van der Waals surface area contributed by atoms with Gasteiger partial charge < -0.3 is 5.73 Å². The molecule has 4 nitrogen and oxygen atoms in total. The Morgan fingerprint density at radius 1 is 1.44 bits per heavy atom. The molecule has 1 aromatic heterocycles. The van der Waals surface area contributed by atoms with Crippen LogP contribution in [0.15, 0.2) is 29.1 Å². The van der Waals surface area contributed by atoms with Crippen molar-refractivity contribution in [2.45, 2.75) is 20.3 Å². The number of halogens is 1. The maximum Gasteiger partial charge on any atom is 0.294 e. The third kappa shape index (κ3) is 2.30. The lowest BCUT2D eigenvalue weighted by molar-refractivity contribution is 0.619. The zero-order chi connectivity index (χ0) is 13.3. The standard InChI is InChI=1S/C13H16FN3O/c1-8(2)6-11-12(15)13(18)17(16-11)10-5-3-4-9(14)7-10/h3-5,7-8,16H,6,15H2,1-2H3. The molecular formula is C13H16FN3O. The first-order valence-corrected chi connectivity index (χ1v) is 5.84. The lowest BCUT2D eigenvalue weighted by Crippen LogP contribution is -2.16. The molecule has 0 unspecified atom stereocenters. The molecule has 3 N–H and O–H groups in total. The number of aromatic amines is 1. The molecule has 2 aromatic rings. The Kier molecular flexibility index (Phi) is 3.23. The second kappa shape index (κ2) is 4.68. The first-order valence-electron chi connectivity index (χ1n) is 5.84. The molecule has 0 spiro atoms. The van der Waals surface area contributed by atoms with Gasteiger partial charge in [-0.25, -0.2) is 9.07 Å². The van der Waals surface area contributed by atoms with Crippen LogP contribution in [0, 0.1) is 11.7 Å². The number of hydrogen-bond donors (Lipinski definition) is 2. The minimum absolute atomic E-state index is 0.202. The van der Waals surface area contributed by atoms with Crippen molar-refractivity contribution in [3.63, 3.8) is 0 Å². The number of rotatable bonds is 3. The highest BCUT2D eigenvalue weighted by Crippen LogP contribution is 2.13. The van der Waals surface area contributed by atoms with Crippen LogP contribution in [0.25, 0.3) is 5.69 Å². The number of nitrogens with two attached hydrogens (primary N) is 1. The van der Waals surface area contributed by atoms with Crippen molar-refractivity contribution < 1.29 is 4.39 Å². The van der Waals surface area contributed by atoms with Crippen LogP contribution in [-0.4, -0.2) is 9.78 Å². The molecule has 1 aromatic carbocycles. The second-order valence-corrected chi connectivity index (χ2v) is 4.72. The van der Waals surface area contributed by atoms with Gasteiger partial charge in [0.1, 0.15) is 11.5 Å². The second-order valence-electron chi connectivity index (χ2n) is 4.72. The number of nitrogen functional groups attached to an aromatic ring is 1. The highest BCUT2D eigenvalue weighted by atomic mass is 19.1. The highest BCUT2D eigenvalue weighted by Gasteiger charge is 2.13. The molecule has 18 heavy (non-hydrogen) atoms. The van der Waals surface area contributed by atoms with E-state index in [1.807, 2.05) is 13.8 Å². The predicted molar refractivity (Wildman–Crippen MR) is 69.3 cm³/mol. The first kappa shape index (κ1) is 12.4. The van der Waals surface area contributed by atoms with Gasteiger partial charge in [-0.15, -0.1) is 0 Å². The summed E-state index contributed by atoms with van der Waals surface area (Å²) in [5.41, 5.74) is 6.77. The van der Waals surface area contributed by atoms with E-state index in [1.165, 1.54) is 16.8 Å². The fourth-order valence-electron chi connectivity index (χ4n) is 1.86. The number of hydrogen-bond acceptors (Lipinski definition) is 2. The zero-order valence-electron chi connectivity index (χ0n) is 10.4. The molecular weight excluding hydrogens is 233 g/mol. The summed E-state index contributed by atoms with van der Waals surface area (Å²) in [5, 5.41) is 2.94. The summed E-state index contributed by atoms with van der Waals surface area (Å²) < 4.78 is 14.4. The number of nitrogens with one attached hydrogen (secondary N) is 1. The summed E-state index contributed by atoms with van der Waals surface area (Å²) in [6.07, 6.45) is 0.684. The third-order valence-corrected chi connectivity index (χ3v) is 2.68. The minimum Gasteiger partial charge on any atom is -0.393 e. The molecule has 0 fully saturated rings. The fraction of sp³-hybridized carbons (Fsp3) is 0.308. The summed E-state index contributed by atoms with van der Waals surface area (Å²) >= 11 is 0. The summed E-state index contributed by atoms with van der Waals surface area (Å²) in [6, 6.07) is 5.82. The maximum atomic E-state index is 13.1. The van der Waals surface area contributed by atoms with Crippen LogP contribution < -0.4 is 11.3 Å². The quantitative estimate of drug-likeness (QED) is 0.874. The number of H-pyrrole nitrogens is 1. The van der Waals surface area contributed by atoms with E-state index in [0.29, 0.717) is 23.7 Å². The van der Waals surface area contributed by atoms with Crippen LogP contribution in [0.4, 0.5) is 10.1 Å². The van der Waals surface area contributed by atoms with Gasteiger partial charge in [0.15, 0.2) is 0 Å². The van der Waals surface area contributed by atoms with Crippen LogP contribution in [0.5, 0.6) is 0 Å². The number of anilines is 1. The molecule has 0 bridgehead atoms. The summed E-state index contributed by atoms with van der Waals surface area (Å²) in [6.45, 7) is 4.08. The van der Waals surface area contributed by atoms with Gasteiger partial charge in [0.2, 0.25) is 0 Å². The van der Waals surface area contributed by atoms with Gasteiger partial charge in [0.25, 0.3) is 5.56 Å². The van der Waals surface area contributed by atoms with E-state index in [4.69, 9.17) is 5.73 Å². The zero-order valence-corrected chi connectivity index (χ0v) is 10.4. The van der Waals surface area contributed by atoms with Crippen LogP contribution in [-0.2, 0) is 6.42 Å². The smallest absolute Gasteiger partial charge is 0.294 e. The average molecular weight is 249 g/mol. The van der Waals surface area contributed by atoms with Crippen LogP contribution >= 0.6 is 0 Å².